The summed E-state index contributed by atoms with van der Waals surface area (Å²) in [4.78, 5) is 26.6. The highest BCUT2D eigenvalue weighted by atomic mass is 32.1. The van der Waals surface area contributed by atoms with E-state index in [4.69, 9.17) is 9.47 Å². The Morgan fingerprint density at radius 2 is 2.19 bits per heavy atom. The van der Waals surface area contributed by atoms with E-state index in [1.54, 1.807) is 26.2 Å². The van der Waals surface area contributed by atoms with E-state index in [2.05, 4.69) is 15.5 Å². The number of benzene rings is 1. The molecule has 0 bridgehead atoms. The van der Waals surface area contributed by atoms with Gasteiger partial charge in [-0.15, -0.1) is 10.2 Å². The van der Waals surface area contributed by atoms with Crippen LogP contribution < -0.4 is 10.1 Å². The predicted molar refractivity (Wildman–Crippen MR) is 95.9 cm³/mol. The molecule has 1 saturated heterocycles. The molecule has 0 spiro atoms. The Balaban J connectivity index is 1.81. The molecule has 0 unspecified atom stereocenters. The predicted octanol–water partition coefficient (Wildman–Crippen LogP) is 1.85. The second-order valence-electron chi connectivity index (χ2n) is 5.96. The van der Waals surface area contributed by atoms with Crippen LogP contribution in [0.15, 0.2) is 24.3 Å². The minimum Gasteiger partial charge on any atom is -0.497 e. The maximum absolute atomic E-state index is 12.8. The smallest absolute Gasteiger partial charge is 0.232 e. The maximum atomic E-state index is 12.8. The highest BCUT2D eigenvalue weighted by Crippen LogP contribution is 2.38. The quantitative estimate of drug-likeness (QED) is 0.827. The topological polar surface area (TPSA) is 93.7 Å². The summed E-state index contributed by atoms with van der Waals surface area (Å²) < 4.78 is 10.3. The third-order valence-electron chi connectivity index (χ3n) is 4.32. The van der Waals surface area contributed by atoms with Gasteiger partial charge in [0.2, 0.25) is 16.9 Å². The van der Waals surface area contributed by atoms with Gasteiger partial charge in [-0.3, -0.25) is 9.59 Å². The van der Waals surface area contributed by atoms with Crippen LogP contribution in [0.5, 0.6) is 5.75 Å². The number of methoxy groups -OCH3 is 2. The fraction of sp³-hybridized carbons (Fsp3) is 0.412. The van der Waals surface area contributed by atoms with Crippen molar-refractivity contribution in [1.82, 2.24) is 15.1 Å². The van der Waals surface area contributed by atoms with E-state index in [1.807, 2.05) is 24.3 Å². The highest BCUT2D eigenvalue weighted by molar-refractivity contribution is 7.15. The van der Waals surface area contributed by atoms with Crippen molar-refractivity contribution in [2.75, 3.05) is 26.6 Å². The zero-order chi connectivity index (χ0) is 18.7. The van der Waals surface area contributed by atoms with Crippen molar-refractivity contribution in [2.24, 2.45) is 5.92 Å². The first-order valence-electron chi connectivity index (χ1n) is 8.05. The second kappa shape index (κ2) is 7.79. The molecular formula is C17H20N4O4S. The summed E-state index contributed by atoms with van der Waals surface area (Å²) >= 11 is 1.25. The fourth-order valence-electron chi connectivity index (χ4n) is 3.07. The van der Waals surface area contributed by atoms with Crippen molar-refractivity contribution in [1.29, 1.82) is 0 Å². The number of ether oxygens (including phenoxy) is 2. The van der Waals surface area contributed by atoms with Gasteiger partial charge < -0.3 is 19.7 Å². The average Bonchev–Trinajstić information content (AvgIpc) is 3.20. The van der Waals surface area contributed by atoms with Crippen molar-refractivity contribution in [3.8, 4) is 5.75 Å². The average molecular weight is 376 g/mol. The Hall–Kier alpha value is -2.52. The zero-order valence-electron chi connectivity index (χ0n) is 14.8. The summed E-state index contributed by atoms with van der Waals surface area (Å²) in [5.74, 6) is -0.164. The van der Waals surface area contributed by atoms with Crippen molar-refractivity contribution >= 4 is 28.3 Å². The summed E-state index contributed by atoms with van der Waals surface area (Å²) in [6.07, 6.45) is 0.147. The molecule has 1 aromatic carbocycles. The number of nitrogens with one attached hydrogen (secondary N) is 1. The van der Waals surface area contributed by atoms with Crippen molar-refractivity contribution in [2.45, 2.75) is 19.1 Å². The minimum atomic E-state index is -0.519. The zero-order valence-corrected chi connectivity index (χ0v) is 15.6. The van der Waals surface area contributed by atoms with Gasteiger partial charge in [-0.05, 0) is 17.7 Å². The van der Waals surface area contributed by atoms with Crippen molar-refractivity contribution in [3.63, 3.8) is 0 Å². The lowest BCUT2D eigenvalue weighted by molar-refractivity contribution is -0.127. The molecule has 138 valence electrons. The summed E-state index contributed by atoms with van der Waals surface area (Å²) in [6, 6.07) is 7.06. The normalized spacial score (nSPS) is 19.7. The number of carbonyl (C=O) groups excluding carboxylic acids is 2. The number of hydrogen-bond acceptors (Lipinski definition) is 7. The van der Waals surface area contributed by atoms with Crippen LogP contribution in [-0.2, 0) is 20.9 Å². The van der Waals surface area contributed by atoms with Gasteiger partial charge in [0.05, 0.1) is 19.1 Å². The standard InChI is InChI=1S/C17H20N4O4S/c1-21-14(22)8-12(15(21)10-5-4-6-11(7-10)25-3)16(23)18-17-20-19-13(26-17)9-24-2/h4-7,12,15H,8-9H2,1-3H3,(H,18,20,23)/t12-,15+/m0/s1. The Labute approximate surface area is 155 Å². The maximum Gasteiger partial charge on any atom is 0.232 e. The van der Waals surface area contributed by atoms with Crippen LogP contribution >= 0.6 is 11.3 Å². The molecule has 1 fully saturated rings. The molecule has 1 aliphatic heterocycles. The Morgan fingerprint density at radius 1 is 1.38 bits per heavy atom. The number of likely N-dealkylation sites (tertiary alicyclic amines) is 1. The first kappa shape index (κ1) is 18.3. The molecular weight excluding hydrogens is 356 g/mol. The molecule has 0 saturated carbocycles. The fourth-order valence-corrected chi connectivity index (χ4v) is 3.79. The van der Waals surface area contributed by atoms with Crippen LogP contribution in [0.2, 0.25) is 0 Å². The number of nitrogens with zero attached hydrogens (tertiary/aromatic N) is 3. The van der Waals surface area contributed by atoms with E-state index in [-0.39, 0.29) is 24.3 Å². The monoisotopic (exact) mass is 376 g/mol. The van der Waals surface area contributed by atoms with Gasteiger partial charge in [0.25, 0.3) is 0 Å². The van der Waals surface area contributed by atoms with E-state index in [9.17, 15) is 9.59 Å². The van der Waals surface area contributed by atoms with Crippen molar-refractivity contribution < 1.29 is 19.1 Å². The Bertz CT molecular complexity index is 810. The molecule has 8 nitrogen and oxygen atoms in total. The second-order valence-corrected chi connectivity index (χ2v) is 7.02. The Morgan fingerprint density at radius 3 is 2.92 bits per heavy atom. The first-order chi connectivity index (χ1) is 12.5. The van der Waals surface area contributed by atoms with E-state index in [0.29, 0.717) is 22.5 Å². The summed E-state index contributed by atoms with van der Waals surface area (Å²) in [6.45, 7) is 0.338. The lowest BCUT2D eigenvalue weighted by Gasteiger charge is -2.25. The molecule has 26 heavy (non-hydrogen) atoms. The number of carbonyl (C=O) groups is 2. The number of amides is 2. The van der Waals surface area contributed by atoms with Gasteiger partial charge in [0.1, 0.15) is 17.4 Å². The van der Waals surface area contributed by atoms with Crippen LogP contribution in [0, 0.1) is 5.92 Å². The van der Waals surface area contributed by atoms with Gasteiger partial charge in [-0.1, -0.05) is 23.5 Å². The largest absolute Gasteiger partial charge is 0.497 e. The van der Waals surface area contributed by atoms with E-state index in [0.717, 1.165) is 5.56 Å². The van der Waals surface area contributed by atoms with Crippen LogP contribution in [0.3, 0.4) is 0 Å². The molecule has 2 atom stereocenters. The lowest BCUT2D eigenvalue weighted by Crippen LogP contribution is -2.30. The molecule has 2 aromatic rings. The van der Waals surface area contributed by atoms with Crippen molar-refractivity contribution in [3.05, 3.63) is 34.8 Å². The molecule has 0 radical (unpaired) electrons. The van der Waals surface area contributed by atoms with E-state index < -0.39 is 5.92 Å². The molecule has 3 rings (SSSR count). The van der Waals surface area contributed by atoms with Gasteiger partial charge in [-0.2, -0.15) is 0 Å². The SMILES string of the molecule is COCc1nnc(NC(=O)[C@H]2CC(=O)N(C)[C@@H]2c2cccc(OC)c2)s1. The molecule has 9 heteroatoms. The van der Waals surface area contributed by atoms with Crippen LogP contribution in [0.25, 0.3) is 0 Å². The van der Waals surface area contributed by atoms with Crippen LogP contribution in [-0.4, -0.2) is 48.2 Å². The third kappa shape index (κ3) is 3.68. The van der Waals surface area contributed by atoms with Gasteiger partial charge in [0.15, 0.2) is 0 Å². The number of hydrogen-bond donors (Lipinski definition) is 1. The lowest BCUT2D eigenvalue weighted by atomic mass is 9.93. The van der Waals surface area contributed by atoms with Gasteiger partial charge in [0, 0.05) is 20.6 Å². The van der Waals surface area contributed by atoms with E-state index in [1.165, 1.54) is 11.3 Å². The molecule has 2 amide bonds. The summed E-state index contributed by atoms with van der Waals surface area (Å²) in [5.41, 5.74) is 0.857. The molecule has 0 aliphatic carbocycles. The van der Waals surface area contributed by atoms with Crippen LogP contribution in [0.1, 0.15) is 23.0 Å². The van der Waals surface area contributed by atoms with Crippen LogP contribution in [0.4, 0.5) is 5.13 Å². The van der Waals surface area contributed by atoms with Gasteiger partial charge in [-0.25, -0.2) is 0 Å². The number of anilines is 1. The first-order valence-corrected chi connectivity index (χ1v) is 8.87. The highest BCUT2D eigenvalue weighted by Gasteiger charge is 2.43. The third-order valence-corrected chi connectivity index (χ3v) is 5.14. The Kier molecular flexibility index (Phi) is 5.48. The molecule has 1 aromatic heterocycles. The molecule has 1 N–H and O–H groups in total. The minimum absolute atomic E-state index is 0.0738. The number of aromatic nitrogens is 2. The molecule has 1 aliphatic rings. The van der Waals surface area contributed by atoms with E-state index >= 15 is 0 Å². The number of rotatable bonds is 6. The summed E-state index contributed by atoms with van der Waals surface area (Å²) in [7, 11) is 4.86. The summed E-state index contributed by atoms with van der Waals surface area (Å²) in [5, 5.41) is 11.7. The molecule has 2 heterocycles. The van der Waals surface area contributed by atoms with Gasteiger partial charge >= 0.3 is 0 Å².